The minimum Gasteiger partial charge on any atom is -1.00 e. The van der Waals surface area contributed by atoms with Crippen molar-refractivity contribution >= 4 is 7.92 Å². The van der Waals surface area contributed by atoms with Crippen molar-refractivity contribution < 1.29 is 43.4 Å². The van der Waals surface area contributed by atoms with Crippen LogP contribution in [0.4, 0.5) is 0 Å². The zero-order valence-corrected chi connectivity index (χ0v) is 12.3. The van der Waals surface area contributed by atoms with Crippen LogP contribution in [0.1, 0.15) is 0 Å². The van der Waals surface area contributed by atoms with Crippen molar-refractivity contribution in [3.05, 3.63) is 37.8 Å². The molecule has 1 rings (SSSR count). The molecule has 0 fully saturated rings. The summed E-state index contributed by atoms with van der Waals surface area (Å²) in [6.07, 6.45) is 0. The van der Waals surface area contributed by atoms with Gasteiger partial charge in [-0.15, -0.1) is 7.92 Å². The molecule has 0 N–H and O–H groups in total. The fourth-order valence-corrected chi connectivity index (χ4v) is 0.321. The summed E-state index contributed by atoms with van der Waals surface area (Å²) in [4.78, 5) is 0. The molecule has 0 aromatic heterocycles. The number of hydrogen-bond donors (Lipinski definition) is 0. The standard InChI is InChI=1S/C5H5.C3H9P.CH3.2ClH.V/c1-2-4-5-3-1;1-4(2)3;;;;/h1-5H;1-3H3;1H3;2*1H;/q-1;;-1;;;+4/p-2. The van der Waals surface area contributed by atoms with Crippen LogP contribution in [0.15, 0.2) is 30.3 Å². The molecule has 0 nitrogen and oxygen atoms in total. The van der Waals surface area contributed by atoms with E-state index in [0.717, 1.165) is 0 Å². The van der Waals surface area contributed by atoms with Gasteiger partial charge in [0.1, 0.15) is 0 Å². The molecule has 0 saturated carbocycles. The summed E-state index contributed by atoms with van der Waals surface area (Å²) in [6, 6.07) is 10.0. The molecule has 0 aliphatic heterocycles. The van der Waals surface area contributed by atoms with Crippen LogP contribution in [-0.4, -0.2) is 20.0 Å². The maximum Gasteiger partial charge on any atom is 4.00 e. The van der Waals surface area contributed by atoms with E-state index in [4.69, 9.17) is 0 Å². The van der Waals surface area contributed by atoms with Gasteiger partial charge in [0.15, 0.2) is 0 Å². The third kappa shape index (κ3) is 43.9. The van der Waals surface area contributed by atoms with E-state index >= 15 is 0 Å². The largest absolute Gasteiger partial charge is 4.00 e. The van der Waals surface area contributed by atoms with E-state index in [1.54, 1.807) is 0 Å². The first-order chi connectivity index (χ1) is 4.23. The van der Waals surface area contributed by atoms with Crippen molar-refractivity contribution in [3.8, 4) is 0 Å². The second-order valence-corrected chi connectivity index (χ2v) is 4.99. The normalized spacial score (nSPS) is 5.85. The van der Waals surface area contributed by atoms with Crippen molar-refractivity contribution in [2.45, 2.75) is 0 Å². The molecule has 1 aromatic rings. The van der Waals surface area contributed by atoms with Gasteiger partial charge in [0.05, 0.1) is 0 Å². The van der Waals surface area contributed by atoms with Crippen molar-refractivity contribution in [1.29, 1.82) is 0 Å². The summed E-state index contributed by atoms with van der Waals surface area (Å²) in [5.41, 5.74) is 0. The molecule has 4 heteroatoms. The van der Waals surface area contributed by atoms with Crippen LogP contribution in [0.5, 0.6) is 0 Å². The smallest absolute Gasteiger partial charge is 1.00 e. The van der Waals surface area contributed by atoms with E-state index in [1.807, 2.05) is 30.3 Å². The zero-order chi connectivity index (χ0) is 7.11. The summed E-state index contributed by atoms with van der Waals surface area (Å²) in [5, 5.41) is 0. The van der Waals surface area contributed by atoms with E-state index in [0.29, 0.717) is 7.92 Å². The van der Waals surface area contributed by atoms with E-state index in [-0.39, 0.29) is 50.8 Å². The Kier molecular flexibility index (Phi) is 51.9. The van der Waals surface area contributed by atoms with Crippen LogP contribution in [0.25, 0.3) is 0 Å². The van der Waals surface area contributed by atoms with Crippen LogP contribution in [0.3, 0.4) is 0 Å². The third-order valence-electron chi connectivity index (χ3n) is 0.556. The van der Waals surface area contributed by atoms with Gasteiger partial charge in [-0.3, -0.25) is 0 Å². The van der Waals surface area contributed by atoms with Gasteiger partial charge in [0.2, 0.25) is 0 Å². The van der Waals surface area contributed by atoms with Crippen molar-refractivity contribution in [1.82, 2.24) is 0 Å². The van der Waals surface area contributed by atoms with Gasteiger partial charge in [-0.1, -0.05) is 0 Å². The van der Waals surface area contributed by atoms with Crippen LogP contribution in [0, 0.1) is 7.43 Å². The number of hydrogen-bond acceptors (Lipinski definition) is 0. The SMILES string of the molecule is CP(C)C.[CH3-].[Cl-].[Cl-].[V+4].c1cc[cH-]c1. The molecule has 1 radical (unpaired) electrons. The summed E-state index contributed by atoms with van der Waals surface area (Å²) < 4.78 is 0. The molecule has 0 bridgehead atoms. The van der Waals surface area contributed by atoms with Crippen molar-refractivity contribution in [2.75, 3.05) is 20.0 Å². The van der Waals surface area contributed by atoms with E-state index < -0.39 is 0 Å². The molecule has 77 valence electrons. The Hall–Kier alpha value is 0.944. The first kappa shape index (κ1) is 29.2. The molecule has 13 heavy (non-hydrogen) atoms. The molecular weight excluding hydrogens is 261 g/mol. The van der Waals surface area contributed by atoms with Crippen LogP contribution < -0.4 is 24.8 Å². The van der Waals surface area contributed by atoms with Crippen LogP contribution in [-0.2, 0) is 18.6 Å². The Bertz CT molecular complexity index is 101. The molecule has 0 unspecified atom stereocenters. The topological polar surface area (TPSA) is 0 Å². The minimum absolute atomic E-state index is 0. The van der Waals surface area contributed by atoms with E-state index in [2.05, 4.69) is 20.0 Å². The van der Waals surface area contributed by atoms with Crippen molar-refractivity contribution in [2.24, 2.45) is 0 Å². The average Bonchev–Trinajstić information content (AvgIpc) is 2.11. The molecule has 1 aromatic carbocycles. The Morgan fingerprint density at radius 2 is 1.15 bits per heavy atom. The van der Waals surface area contributed by atoms with Gasteiger partial charge in [0, 0.05) is 0 Å². The Morgan fingerprint density at radius 3 is 1.23 bits per heavy atom. The fraction of sp³-hybridized carbons (Fsp3) is 0.333. The molecule has 0 heterocycles. The Morgan fingerprint density at radius 1 is 0.923 bits per heavy atom. The van der Waals surface area contributed by atoms with Gasteiger partial charge in [-0.25, -0.2) is 12.1 Å². The average molecular weight is 278 g/mol. The number of halogens is 2. The third-order valence-corrected chi connectivity index (χ3v) is 0.556. The molecular formula is C9H17Cl2PV. The maximum absolute atomic E-state index is 2.23. The second kappa shape index (κ2) is 23.1. The Labute approximate surface area is 109 Å². The summed E-state index contributed by atoms with van der Waals surface area (Å²) in [6.45, 7) is 6.69. The Balaban J connectivity index is -0.0000000256. The molecule has 0 spiro atoms. The quantitative estimate of drug-likeness (QED) is 0.356. The van der Waals surface area contributed by atoms with Gasteiger partial charge < -0.3 is 32.2 Å². The monoisotopic (exact) mass is 277 g/mol. The number of rotatable bonds is 0. The van der Waals surface area contributed by atoms with Gasteiger partial charge >= 0.3 is 18.6 Å². The molecule has 0 atom stereocenters. The predicted octanol–water partition coefficient (Wildman–Crippen LogP) is -2.78. The summed E-state index contributed by atoms with van der Waals surface area (Å²) in [5.74, 6) is 0. The molecule has 0 saturated heterocycles. The van der Waals surface area contributed by atoms with E-state index in [9.17, 15) is 0 Å². The molecule has 0 aliphatic rings. The maximum atomic E-state index is 2.23. The fourth-order valence-electron chi connectivity index (χ4n) is 0.321. The molecule has 0 amide bonds. The zero-order valence-electron chi connectivity index (χ0n) is 8.54. The van der Waals surface area contributed by atoms with E-state index in [1.165, 1.54) is 0 Å². The van der Waals surface area contributed by atoms with Crippen LogP contribution >= 0.6 is 7.92 Å². The van der Waals surface area contributed by atoms with Gasteiger partial charge in [-0.2, -0.15) is 18.2 Å². The van der Waals surface area contributed by atoms with Crippen molar-refractivity contribution in [3.63, 3.8) is 0 Å². The summed E-state index contributed by atoms with van der Waals surface area (Å²) in [7, 11) is 0.380. The first-order valence-electron chi connectivity index (χ1n) is 3.01. The van der Waals surface area contributed by atoms with Gasteiger partial charge in [-0.05, 0) is 20.0 Å². The minimum atomic E-state index is 0. The predicted molar refractivity (Wildman–Crippen MR) is 53.1 cm³/mol. The second-order valence-electron chi connectivity index (χ2n) is 2.30. The van der Waals surface area contributed by atoms with Crippen LogP contribution in [0.2, 0.25) is 0 Å². The first-order valence-corrected chi connectivity index (χ1v) is 5.69. The summed E-state index contributed by atoms with van der Waals surface area (Å²) >= 11 is 0. The molecule has 0 aliphatic carbocycles. The van der Waals surface area contributed by atoms with Gasteiger partial charge in [0.25, 0.3) is 0 Å².